The van der Waals surface area contributed by atoms with Gasteiger partial charge in [0.25, 0.3) is 5.91 Å². The van der Waals surface area contributed by atoms with Crippen LogP contribution in [0.3, 0.4) is 0 Å². The van der Waals surface area contributed by atoms with Gasteiger partial charge in [-0.1, -0.05) is 12.1 Å². The highest BCUT2D eigenvalue weighted by molar-refractivity contribution is 5.95. The van der Waals surface area contributed by atoms with Crippen LogP contribution in [0.1, 0.15) is 21.7 Å². The predicted octanol–water partition coefficient (Wildman–Crippen LogP) is 3.02. The third-order valence-electron chi connectivity index (χ3n) is 4.70. The molecular formula is C21H22N4O2. The molecule has 0 aliphatic carbocycles. The summed E-state index contributed by atoms with van der Waals surface area (Å²) in [5.41, 5.74) is 5.42. The molecular weight excluding hydrogens is 340 g/mol. The fourth-order valence-electron chi connectivity index (χ4n) is 3.36. The summed E-state index contributed by atoms with van der Waals surface area (Å²) in [6.45, 7) is 6.46. The van der Waals surface area contributed by atoms with Crippen molar-refractivity contribution in [3.05, 3.63) is 65.6 Å². The van der Waals surface area contributed by atoms with E-state index in [1.807, 2.05) is 59.8 Å². The standard InChI is InChI=1S/C21H22N4O2/c1-15-12-16(2)25(23-15)19-5-3-4-17(13-19)20-14-18(6-7-22-20)21(26)24-8-10-27-11-9-24/h3-7,12-14H,8-11H2,1-2H3. The van der Waals surface area contributed by atoms with Crippen molar-refractivity contribution in [2.24, 2.45) is 0 Å². The molecule has 1 aliphatic heterocycles. The summed E-state index contributed by atoms with van der Waals surface area (Å²) in [6.07, 6.45) is 1.69. The molecule has 0 spiro atoms. The average molecular weight is 362 g/mol. The Bertz CT molecular complexity index is 974. The summed E-state index contributed by atoms with van der Waals surface area (Å²) < 4.78 is 7.25. The number of carbonyl (C=O) groups is 1. The number of amides is 1. The zero-order valence-electron chi connectivity index (χ0n) is 15.6. The van der Waals surface area contributed by atoms with E-state index in [0.29, 0.717) is 31.9 Å². The molecule has 0 atom stereocenters. The molecule has 6 nitrogen and oxygen atoms in total. The minimum Gasteiger partial charge on any atom is -0.378 e. The number of rotatable bonds is 3. The first kappa shape index (κ1) is 17.4. The van der Waals surface area contributed by atoms with E-state index in [-0.39, 0.29) is 5.91 Å². The number of hydrogen-bond donors (Lipinski definition) is 0. The Morgan fingerprint density at radius 3 is 2.63 bits per heavy atom. The number of nitrogens with zero attached hydrogens (tertiary/aromatic N) is 4. The van der Waals surface area contributed by atoms with Gasteiger partial charge in [0.15, 0.2) is 0 Å². The first-order valence-corrected chi connectivity index (χ1v) is 9.09. The number of ether oxygens (including phenoxy) is 1. The molecule has 1 amide bonds. The lowest BCUT2D eigenvalue weighted by atomic mass is 10.1. The molecule has 3 heterocycles. The topological polar surface area (TPSA) is 60.2 Å². The Labute approximate surface area is 158 Å². The molecule has 0 N–H and O–H groups in total. The van der Waals surface area contributed by atoms with Crippen LogP contribution in [0.15, 0.2) is 48.7 Å². The van der Waals surface area contributed by atoms with Crippen molar-refractivity contribution < 1.29 is 9.53 Å². The number of carbonyl (C=O) groups excluding carboxylic acids is 1. The molecule has 6 heteroatoms. The van der Waals surface area contributed by atoms with Crippen LogP contribution in [-0.2, 0) is 4.74 Å². The van der Waals surface area contributed by atoms with Crippen molar-refractivity contribution in [1.29, 1.82) is 0 Å². The zero-order valence-corrected chi connectivity index (χ0v) is 15.6. The third kappa shape index (κ3) is 3.61. The fraction of sp³-hybridized carbons (Fsp3) is 0.286. The molecule has 138 valence electrons. The quantitative estimate of drug-likeness (QED) is 0.719. The smallest absolute Gasteiger partial charge is 0.254 e. The summed E-state index contributed by atoms with van der Waals surface area (Å²) in [5, 5.41) is 4.55. The molecule has 3 aromatic rings. The van der Waals surface area contributed by atoms with Gasteiger partial charge in [-0.2, -0.15) is 5.10 Å². The number of hydrogen-bond acceptors (Lipinski definition) is 4. The molecule has 1 saturated heterocycles. The average Bonchev–Trinajstić information content (AvgIpc) is 3.06. The van der Waals surface area contributed by atoms with Crippen LogP contribution >= 0.6 is 0 Å². The Morgan fingerprint density at radius 2 is 1.89 bits per heavy atom. The van der Waals surface area contributed by atoms with Crippen molar-refractivity contribution in [1.82, 2.24) is 19.7 Å². The summed E-state index contributed by atoms with van der Waals surface area (Å²) in [7, 11) is 0. The van der Waals surface area contributed by atoms with Gasteiger partial charge in [0.05, 0.1) is 30.3 Å². The SMILES string of the molecule is Cc1cc(C)n(-c2cccc(-c3cc(C(=O)N4CCOCC4)ccn3)c2)n1. The Kier molecular flexibility index (Phi) is 4.73. The van der Waals surface area contributed by atoms with Crippen LogP contribution in [0.25, 0.3) is 16.9 Å². The van der Waals surface area contributed by atoms with Gasteiger partial charge in [0.2, 0.25) is 0 Å². The Balaban J connectivity index is 1.65. The van der Waals surface area contributed by atoms with E-state index in [2.05, 4.69) is 10.1 Å². The van der Waals surface area contributed by atoms with Crippen LogP contribution in [0.5, 0.6) is 0 Å². The van der Waals surface area contributed by atoms with Gasteiger partial charge in [-0.15, -0.1) is 0 Å². The number of pyridine rings is 1. The Morgan fingerprint density at radius 1 is 1.07 bits per heavy atom. The maximum absolute atomic E-state index is 12.7. The monoisotopic (exact) mass is 362 g/mol. The van der Waals surface area contributed by atoms with Gasteiger partial charge >= 0.3 is 0 Å². The van der Waals surface area contributed by atoms with E-state index in [4.69, 9.17) is 4.74 Å². The van der Waals surface area contributed by atoms with E-state index in [0.717, 1.165) is 28.3 Å². The second-order valence-electron chi connectivity index (χ2n) is 6.72. The highest BCUT2D eigenvalue weighted by Crippen LogP contribution is 2.22. The van der Waals surface area contributed by atoms with Gasteiger partial charge in [0.1, 0.15) is 0 Å². The highest BCUT2D eigenvalue weighted by atomic mass is 16.5. The molecule has 27 heavy (non-hydrogen) atoms. The van der Waals surface area contributed by atoms with Crippen LogP contribution in [-0.4, -0.2) is 51.9 Å². The van der Waals surface area contributed by atoms with E-state index >= 15 is 0 Å². The predicted molar refractivity (Wildman–Crippen MR) is 103 cm³/mol. The third-order valence-corrected chi connectivity index (χ3v) is 4.70. The van der Waals surface area contributed by atoms with E-state index < -0.39 is 0 Å². The van der Waals surface area contributed by atoms with Crippen LogP contribution in [0, 0.1) is 13.8 Å². The fourth-order valence-corrected chi connectivity index (χ4v) is 3.36. The van der Waals surface area contributed by atoms with Crippen LogP contribution in [0.4, 0.5) is 0 Å². The second kappa shape index (κ2) is 7.32. The summed E-state index contributed by atoms with van der Waals surface area (Å²) >= 11 is 0. The largest absolute Gasteiger partial charge is 0.378 e. The Hall–Kier alpha value is -2.99. The van der Waals surface area contributed by atoms with Gasteiger partial charge in [-0.05, 0) is 44.2 Å². The van der Waals surface area contributed by atoms with Crippen molar-refractivity contribution >= 4 is 5.91 Å². The van der Waals surface area contributed by atoms with E-state index in [1.54, 1.807) is 12.3 Å². The molecule has 0 saturated carbocycles. The lowest BCUT2D eigenvalue weighted by molar-refractivity contribution is 0.0303. The molecule has 4 rings (SSSR count). The molecule has 1 aliphatic rings. The maximum Gasteiger partial charge on any atom is 0.254 e. The van der Waals surface area contributed by atoms with Gasteiger partial charge in [0, 0.05) is 36.1 Å². The molecule has 2 aromatic heterocycles. The van der Waals surface area contributed by atoms with Crippen molar-refractivity contribution in [2.75, 3.05) is 26.3 Å². The lowest BCUT2D eigenvalue weighted by Crippen LogP contribution is -2.40. The molecule has 0 unspecified atom stereocenters. The van der Waals surface area contributed by atoms with Gasteiger partial charge < -0.3 is 9.64 Å². The van der Waals surface area contributed by atoms with Gasteiger partial charge in [-0.3, -0.25) is 9.78 Å². The minimum atomic E-state index is 0.0247. The maximum atomic E-state index is 12.7. The number of benzene rings is 1. The van der Waals surface area contributed by atoms with E-state index in [1.165, 1.54) is 0 Å². The molecule has 0 radical (unpaired) electrons. The lowest BCUT2D eigenvalue weighted by Gasteiger charge is -2.26. The molecule has 0 bridgehead atoms. The minimum absolute atomic E-state index is 0.0247. The summed E-state index contributed by atoms with van der Waals surface area (Å²) in [5.74, 6) is 0.0247. The first-order chi connectivity index (χ1) is 13.1. The zero-order chi connectivity index (χ0) is 18.8. The van der Waals surface area contributed by atoms with Crippen LogP contribution in [0.2, 0.25) is 0 Å². The van der Waals surface area contributed by atoms with Crippen LogP contribution < -0.4 is 0 Å². The second-order valence-corrected chi connectivity index (χ2v) is 6.72. The number of aromatic nitrogens is 3. The molecule has 1 fully saturated rings. The summed E-state index contributed by atoms with van der Waals surface area (Å²) in [4.78, 5) is 19.1. The summed E-state index contributed by atoms with van der Waals surface area (Å²) in [6, 6.07) is 13.7. The van der Waals surface area contributed by atoms with Gasteiger partial charge in [-0.25, -0.2) is 4.68 Å². The van der Waals surface area contributed by atoms with Crippen molar-refractivity contribution in [2.45, 2.75) is 13.8 Å². The first-order valence-electron chi connectivity index (χ1n) is 9.09. The molecule has 1 aromatic carbocycles. The number of morpholine rings is 1. The normalized spacial score (nSPS) is 14.4. The van der Waals surface area contributed by atoms with E-state index in [9.17, 15) is 4.79 Å². The highest BCUT2D eigenvalue weighted by Gasteiger charge is 2.19. The van der Waals surface area contributed by atoms with Crippen molar-refractivity contribution in [3.63, 3.8) is 0 Å². The van der Waals surface area contributed by atoms with Crippen molar-refractivity contribution in [3.8, 4) is 16.9 Å². The number of aryl methyl sites for hydroxylation is 2.